The lowest BCUT2D eigenvalue weighted by Gasteiger charge is -2.15. The minimum atomic E-state index is -1.11. The molecule has 0 aromatic carbocycles. The van der Waals surface area contributed by atoms with Crippen LogP contribution < -0.4 is 11.1 Å². The van der Waals surface area contributed by atoms with E-state index in [2.05, 4.69) is 5.32 Å². The van der Waals surface area contributed by atoms with Crippen molar-refractivity contribution in [2.24, 2.45) is 5.73 Å². The van der Waals surface area contributed by atoms with Crippen LogP contribution in [-0.2, 0) is 9.59 Å². The summed E-state index contributed by atoms with van der Waals surface area (Å²) in [5.74, 6) is -1.67. The number of carbonyl (C=O) groups is 2. The van der Waals surface area contributed by atoms with Gasteiger partial charge in [0, 0.05) is 6.42 Å². The normalized spacial score (nSPS) is 14.9. The number of carboxylic acid groups (broad SMARTS) is 1. The van der Waals surface area contributed by atoms with E-state index in [9.17, 15) is 9.59 Å². The van der Waals surface area contributed by atoms with Crippen molar-refractivity contribution in [1.82, 2.24) is 5.32 Å². The third kappa shape index (κ3) is 6.06. The van der Waals surface area contributed by atoms with Crippen LogP contribution in [0.2, 0.25) is 0 Å². The number of primary amides is 1. The van der Waals surface area contributed by atoms with E-state index in [1.807, 2.05) is 0 Å². The Labute approximate surface area is 75.7 Å². The Morgan fingerprint density at radius 2 is 2.08 bits per heavy atom. The van der Waals surface area contributed by atoms with Crippen LogP contribution in [0.15, 0.2) is 0 Å². The van der Waals surface area contributed by atoms with Gasteiger partial charge in [0.25, 0.3) is 0 Å². The zero-order valence-corrected chi connectivity index (χ0v) is 7.36. The zero-order chi connectivity index (χ0) is 10.4. The van der Waals surface area contributed by atoms with Crippen molar-refractivity contribution in [1.29, 1.82) is 0 Å². The smallest absolute Gasteiger partial charge is 0.320 e. The number of amides is 1. The maximum absolute atomic E-state index is 10.5. The molecule has 0 saturated heterocycles. The molecule has 0 aromatic heterocycles. The maximum Gasteiger partial charge on any atom is 0.320 e. The summed E-state index contributed by atoms with van der Waals surface area (Å²) in [5, 5.41) is 19.8. The molecule has 6 heteroatoms. The maximum atomic E-state index is 10.5. The Hall–Kier alpha value is -1.14. The molecular weight excluding hydrogens is 176 g/mol. The number of rotatable bonds is 6. The van der Waals surface area contributed by atoms with Gasteiger partial charge in [-0.2, -0.15) is 0 Å². The number of carbonyl (C=O) groups excluding carboxylic acids is 1. The van der Waals surface area contributed by atoms with Gasteiger partial charge in [-0.15, -0.1) is 0 Å². The molecule has 0 aliphatic rings. The molecule has 0 radical (unpaired) electrons. The molecule has 0 saturated carbocycles. The monoisotopic (exact) mass is 190 g/mol. The van der Waals surface area contributed by atoms with E-state index in [1.165, 1.54) is 6.92 Å². The van der Waals surface area contributed by atoms with Crippen molar-refractivity contribution in [3.05, 3.63) is 0 Å². The quantitative estimate of drug-likeness (QED) is 0.386. The number of carboxylic acids is 1. The summed E-state index contributed by atoms with van der Waals surface area (Å²) in [5.41, 5.74) is 4.85. The highest BCUT2D eigenvalue weighted by molar-refractivity contribution is 5.77. The standard InChI is InChI=1S/C7H14N2O4/c1-4(10)9-5(7(12)13)2-3-6(8)11/h4-5,9-10H,2-3H2,1H3,(H2,8,11)(H,12,13). The summed E-state index contributed by atoms with van der Waals surface area (Å²) in [7, 11) is 0. The van der Waals surface area contributed by atoms with E-state index in [1.54, 1.807) is 0 Å². The summed E-state index contributed by atoms with van der Waals surface area (Å²) < 4.78 is 0. The topological polar surface area (TPSA) is 113 Å². The second-order valence-electron chi connectivity index (χ2n) is 2.74. The van der Waals surface area contributed by atoms with Gasteiger partial charge in [-0.25, -0.2) is 0 Å². The summed E-state index contributed by atoms with van der Waals surface area (Å²) in [6.45, 7) is 1.40. The van der Waals surface area contributed by atoms with Crippen LogP contribution in [0.4, 0.5) is 0 Å². The molecule has 0 bridgehead atoms. The molecule has 0 aliphatic carbocycles. The summed E-state index contributed by atoms with van der Waals surface area (Å²) in [6.07, 6.45) is -0.860. The van der Waals surface area contributed by atoms with Gasteiger partial charge in [-0.1, -0.05) is 0 Å². The molecule has 1 amide bonds. The van der Waals surface area contributed by atoms with Gasteiger partial charge in [0.1, 0.15) is 12.3 Å². The lowest BCUT2D eigenvalue weighted by molar-refractivity contribution is -0.140. The van der Waals surface area contributed by atoms with Gasteiger partial charge in [-0.05, 0) is 13.3 Å². The number of nitrogens with two attached hydrogens (primary N) is 1. The number of aliphatic hydroxyl groups excluding tert-OH is 1. The molecule has 0 aromatic rings. The van der Waals surface area contributed by atoms with Crippen molar-refractivity contribution >= 4 is 11.9 Å². The van der Waals surface area contributed by atoms with Gasteiger partial charge < -0.3 is 15.9 Å². The largest absolute Gasteiger partial charge is 0.480 e. The molecule has 0 fully saturated rings. The molecule has 76 valence electrons. The Bertz CT molecular complexity index is 193. The minimum absolute atomic E-state index is 0.0172. The Kier molecular flexibility index (Phi) is 5.01. The van der Waals surface area contributed by atoms with Crippen LogP contribution in [0.5, 0.6) is 0 Å². The molecule has 2 unspecified atom stereocenters. The minimum Gasteiger partial charge on any atom is -0.480 e. The lowest BCUT2D eigenvalue weighted by Crippen LogP contribution is -2.42. The second kappa shape index (κ2) is 5.50. The van der Waals surface area contributed by atoms with Crippen LogP contribution >= 0.6 is 0 Å². The van der Waals surface area contributed by atoms with Crippen molar-refractivity contribution in [2.45, 2.75) is 32.0 Å². The van der Waals surface area contributed by atoms with E-state index in [4.69, 9.17) is 15.9 Å². The van der Waals surface area contributed by atoms with Crippen molar-refractivity contribution in [2.75, 3.05) is 0 Å². The van der Waals surface area contributed by atoms with E-state index in [0.29, 0.717) is 0 Å². The highest BCUT2D eigenvalue weighted by Gasteiger charge is 2.18. The van der Waals surface area contributed by atoms with E-state index >= 15 is 0 Å². The summed E-state index contributed by atoms with van der Waals surface area (Å²) in [4.78, 5) is 20.9. The molecule has 6 nitrogen and oxygen atoms in total. The van der Waals surface area contributed by atoms with Gasteiger partial charge >= 0.3 is 5.97 Å². The highest BCUT2D eigenvalue weighted by Crippen LogP contribution is 1.97. The Morgan fingerprint density at radius 1 is 1.54 bits per heavy atom. The number of hydrogen-bond acceptors (Lipinski definition) is 4. The average molecular weight is 190 g/mol. The van der Waals surface area contributed by atoms with Crippen molar-refractivity contribution in [3.63, 3.8) is 0 Å². The molecule has 13 heavy (non-hydrogen) atoms. The molecule has 5 N–H and O–H groups in total. The van der Waals surface area contributed by atoms with E-state index in [-0.39, 0.29) is 12.8 Å². The third-order valence-corrected chi connectivity index (χ3v) is 1.42. The molecular formula is C7H14N2O4. The Morgan fingerprint density at radius 3 is 2.38 bits per heavy atom. The zero-order valence-electron chi connectivity index (χ0n) is 7.36. The van der Waals surface area contributed by atoms with Crippen LogP contribution in [-0.4, -0.2) is 34.4 Å². The first-order valence-corrected chi connectivity index (χ1v) is 3.88. The van der Waals surface area contributed by atoms with Crippen LogP contribution in [0.3, 0.4) is 0 Å². The predicted molar refractivity (Wildman–Crippen MR) is 44.7 cm³/mol. The SMILES string of the molecule is CC(O)NC(CCC(N)=O)C(=O)O. The number of hydrogen-bond donors (Lipinski definition) is 4. The Balaban J connectivity index is 3.95. The van der Waals surface area contributed by atoms with Crippen molar-refractivity contribution in [3.8, 4) is 0 Å². The van der Waals surface area contributed by atoms with Crippen LogP contribution in [0.25, 0.3) is 0 Å². The van der Waals surface area contributed by atoms with Crippen LogP contribution in [0, 0.1) is 0 Å². The van der Waals surface area contributed by atoms with E-state index in [0.717, 1.165) is 0 Å². The highest BCUT2D eigenvalue weighted by atomic mass is 16.4. The fourth-order valence-corrected chi connectivity index (χ4v) is 0.856. The molecule has 0 heterocycles. The van der Waals surface area contributed by atoms with Crippen LogP contribution in [0.1, 0.15) is 19.8 Å². The van der Waals surface area contributed by atoms with E-state index < -0.39 is 24.1 Å². The first kappa shape index (κ1) is 11.9. The number of nitrogens with one attached hydrogen (secondary N) is 1. The predicted octanol–water partition coefficient (Wildman–Crippen LogP) is -1.37. The molecule has 0 spiro atoms. The summed E-state index contributed by atoms with van der Waals surface area (Å²) >= 11 is 0. The van der Waals surface area contributed by atoms with Gasteiger partial charge in [0.15, 0.2) is 0 Å². The molecule has 2 atom stereocenters. The summed E-state index contributed by atoms with van der Waals surface area (Å²) in [6, 6.07) is -0.938. The first-order chi connectivity index (χ1) is 5.93. The third-order valence-electron chi connectivity index (χ3n) is 1.42. The van der Waals surface area contributed by atoms with Gasteiger partial charge in [-0.3, -0.25) is 14.9 Å². The molecule has 0 aliphatic heterocycles. The first-order valence-electron chi connectivity index (χ1n) is 3.88. The molecule has 0 rings (SSSR count). The second-order valence-corrected chi connectivity index (χ2v) is 2.74. The van der Waals surface area contributed by atoms with Crippen molar-refractivity contribution < 1.29 is 19.8 Å². The van der Waals surface area contributed by atoms with Gasteiger partial charge in [0.05, 0.1) is 0 Å². The fourth-order valence-electron chi connectivity index (χ4n) is 0.856. The fraction of sp³-hybridized carbons (Fsp3) is 0.714. The average Bonchev–Trinajstić information content (AvgIpc) is 1.96. The number of aliphatic carboxylic acids is 1. The number of aliphatic hydroxyl groups is 1. The van der Waals surface area contributed by atoms with Gasteiger partial charge in [0.2, 0.25) is 5.91 Å². The lowest BCUT2D eigenvalue weighted by atomic mass is 10.1.